The number of carbonyl (C=O) groups excluding carboxylic acids is 1. The fourth-order valence-corrected chi connectivity index (χ4v) is 2.38. The monoisotopic (exact) mass is 294 g/mol. The maximum Gasteiger partial charge on any atom is 0.292 e. The van der Waals surface area contributed by atoms with Gasteiger partial charge in [-0.1, -0.05) is 16.8 Å². The lowest BCUT2D eigenvalue weighted by Gasteiger charge is -2.20. The summed E-state index contributed by atoms with van der Waals surface area (Å²) in [5.74, 6) is -0.456. The van der Waals surface area contributed by atoms with Crippen LogP contribution in [0.1, 0.15) is 16.1 Å². The van der Waals surface area contributed by atoms with E-state index in [0.29, 0.717) is 29.8 Å². The maximum absolute atomic E-state index is 11.9. The van der Waals surface area contributed by atoms with E-state index in [0.717, 1.165) is 6.07 Å². The normalized spacial score (nSPS) is 14.5. The SMILES string of the molecule is CN1CCc2c(-c3cc(Cl)c(O)cc3O)noc2C1=O. The number of aromatic nitrogens is 1. The smallest absolute Gasteiger partial charge is 0.292 e. The molecule has 3 rings (SSSR count). The van der Waals surface area contributed by atoms with E-state index >= 15 is 0 Å². The molecule has 2 aromatic rings. The van der Waals surface area contributed by atoms with Gasteiger partial charge < -0.3 is 19.6 Å². The zero-order chi connectivity index (χ0) is 14.4. The summed E-state index contributed by atoms with van der Waals surface area (Å²) in [5, 5.41) is 23.3. The van der Waals surface area contributed by atoms with Crippen molar-refractivity contribution < 1.29 is 19.5 Å². The number of amides is 1. The minimum Gasteiger partial charge on any atom is -0.507 e. The second kappa shape index (κ2) is 4.42. The second-order valence-corrected chi connectivity index (χ2v) is 5.04. The van der Waals surface area contributed by atoms with E-state index in [4.69, 9.17) is 16.1 Å². The van der Waals surface area contributed by atoms with Crippen LogP contribution in [0.5, 0.6) is 11.5 Å². The van der Waals surface area contributed by atoms with Gasteiger partial charge in [-0.15, -0.1) is 0 Å². The van der Waals surface area contributed by atoms with E-state index in [1.165, 1.54) is 6.07 Å². The van der Waals surface area contributed by atoms with Gasteiger partial charge in [0.05, 0.1) is 5.02 Å². The quantitative estimate of drug-likeness (QED) is 0.840. The summed E-state index contributed by atoms with van der Waals surface area (Å²) in [6.45, 7) is 0.548. The third-order valence-corrected chi connectivity index (χ3v) is 3.65. The highest BCUT2D eigenvalue weighted by Gasteiger charge is 2.30. The Bertz CT molecular complexity index is 711. The number of rotatable bonds is 1. The van der Waals surface area contributed by atoms with Gasteiger partial charge in [0.25, 0.3) is 5.91 Å². The highest BCUT2D eigenvalue weighted by Crippen LogP contribution is 2.39. The molecule has 0 atom stereocenters. The molecular formula is C13H11ClN2O4. The largest absolute Gasteiger partial charge is 0.507 e. The molecule has 1 aromatic carbocycles. The molecule has 1 amide bonds. The Morgan fingerprint density at radius 2 is 2.10 bits per heavy atom. The third-order valence-electron chi connectivity index (χ3n) is 3.35. The number of carbonyl (C=O) groups is 1. The fraction of sp³-hybridized carbons (Fsp3) is 0.231. The van der Waals surface area contributed by atoms with Crippen molar-refractivity contribution in [3.05, 3.63) is 28.5 Å². The van der Waals surface area contributed by atoms with Gasteiger partial charge in [-0.3, -0.25) is 4.79 Å². The molecule has 6 nitrogen and oxygen atoms in total. The summed E-state index contributed by atoms with van der Waals surface area (Å²) in [6.07, 6.45) is 0.578. The van der Waals surface area contributed by atoms with E-state index in [2.05, 4.69) is 5.16 Å². The van der Waals surface area contributed by atoms with E-state index < -0.39 is 0 Å². The first kappa shape index (κ1) is 12.8. The van der Waals surface area contributed by atoms with Gasteiger partial charge in [0, 0.05) is 30.8 Å². The van der Waals surface area contributed by atoms with Crippen molar-refractivity contribution in [2.75, 3.05) is 13.6 Å². The number of hydrogen-bond donors (Lipinski definition) is 2. The average molecular weight is 295 g/mol. The molecule has 0 fully saturated rings. The predicted octanol–water partition coefficient (Wildman–Crippen LogP) is 2.03. The van der Waals surface area contributed by atoms with Crippen molar-refractivity contribution in [3.63, 3.8) is 0 Å². The molecule has 0 radical (unpaired) electrons. The van der Waals surface area contributed by atoms with Crippen molar-refractivity contribution in [2.24, 2.45) is 0 Å². The summed E-state index contributed by atoms with van der Waals surface area (Å²) >= 11 is 5.84. The lowest BCUT2D eigenvalue weighted by Crippen LogP contribution is -2.33. The molecule has 0 saturated carbocycles. The summed E-state index contributed by atoms with van der Waals surface area (Å²) in [7, 11) is 1.68. The standard InChI is InChI=1S/C13H11ClN2O4/c1-16-3-2-6-11(15-20-12(6)13(16)19)7-4-8(14)10(18)5-9(7)17/h4-5,17-18H,2-3H2,1H3. The molecule has 0 unspecified atom stereocenters. The van der Waals surface area contributed by atoms with Gasteiger partial charge in [0.15, 0.2) is 0 Å². The van der Waals surface area contributed by atoms with Crippen LogP contribution >= 0.6 is 11.6 Å². The van der Waals surface area contributed by atoms with Crippen molar-refractivity contribution in [1.29, 1.82) is 0 Å². The summed E-state index contributed by atoms with van der Waals surface area (Å²) in [4.78, 5) is 13.5. The molecule has 20 heavy (non-hydrogen) atoms. The number of hydrogen-bond acceptors (Lipinski definition) is 5. The first-order valence-corrected chi connectivity index (χ1v) is 6.32. The van der Waals surface area contributed by atoms with Crippen molar-refractivity contribution >= 4 is 17.5 Å². The molecule has 0 bridgehead atoms. The Labute approximate surface area is 119 Å². The number of benzene rings is 1. The van der Waals surface area contributed by atoms with Gasteiger partial charge in [0.2, 0.25) is 5.76 Å². The lowest BCUT2D eigenvalue weighted by molar-refractivity contribution is 0.0736. The van der Waals surface area contributed by atoms with Crippen LogP contribution in [0, 0.1) is 0 Å². The van der Waals surface area contributed by atoms with Crippen LogP contribution in [0.4, 0.5) is 0 Å². The highest BCUT2D eigenvalue weighted by atomic mass is 35.5. The minimum absolute atomic E-state index is 0.0915. The zero-order valence-electron chi connectivity index (χ0n) is 10.6. The Morgan fingerprint density at radius 3 is 2.85 bits per heavy atom. The average Bonchev–Trinajstić information content (AvgIpc) is 2.82. The molecule has 2 N–H and O–H groups in total. The molecule has 0 spiro atoms. The van der Waals surface area contributed by atoms with Crippen LogP contribution < -0.4 is 0 Å². The number of likely N-dealkylation sites (N-methyl/N-ethyl adjacent to an activating group) is 1. The van der Waals surface area contributed by atoms with Gasteiger partial charge in [0.1, 0.15) is 17.2 Å². The predicted molar refractivity (Wildman–Crippen MR) is 70.9 cm³/mol. The number of nitrogens with zero attached hydrogens (tertiary/aromatic N) is 2. The number of fused-ring (bicyclic) bond motifs is 1. The number of aromatic hydroxyl groups is 2. The van der Waals surface area contributed by atoms with E-state index in [-0.39, 0.29) is 28.2 Å². The van der Waals surface area contributed by atoms with Gasteiger partial charge >= 0.3 is 0 Å². The van der Waals surface area contributed by atoms with Crippen molar-refractivity contribution in [3.8, 4) is 22.8 Å². The lowest BCUT2D eigenvalue weighted by atomic mass is 9.99. The topological polar surface area (TPSA) is 86.8 Å². The van der Waals surface area contributed by atoms with Gasteiger partial charge in [-0.2, -0.15) is 0 Å². The second-order valence-electron chi connectivity index (χ2n) is 4.64. The molecule has 104 valence electrons. The Kier molecular flexibility index (Phi) is 2.83. The number of phenolic OH excluding ortho intramolecular Hbond substituents is 2. The molecule has 1 aliphatic heterocycles. The highest BCUT2D eigenvalue weighted by molar-refractivity contribution is 6.32. The van der Waals surface area contributed by atoms with E-state index in [1.54, 1.807) is 11.9 Å². The molecule has 0 saturated heterocycles. The minimum atomic E-state index is -0.241. The van der Waals surface area contributed by atoms with Gasteiger partial charge in [-0.25, -0.2) is 0 Å². The van der Waals surface area contributed by atoms with Crippen LogP contribution in [0.25, 0.3) is 11.3 Å². The third kappa shape index (κ3) is 1.80. The van der Waals surface area contributed by atoms with E-state index in [9.17, 15) is 15.0 Å². The van der Waals surface area contributed by atoms with Crippen molar-refractivity contribution in [2.45, 2.75) is 6.42 Å². The Hall–Kier alpha value is -2.21. The Balaban J connectivity index is 2.16. The molecule has 2 heterocycles. The molecule has 1 aromatic heterocycles. The van der Waals surface area contributed by atoms with Crippen LogP contribution in [0.3, 0.4) is 0 Å². The zero-order valence-corrected chi connectivity index (χ0v) is 11.3. The van der Waals surface area contributed by atoms with Crippen LogP contribution in [0.2, 0.25) is 5.02 Å². The molecule has 1 aliphatic rings. The number of phenols is 2. The summed E-state index contributed by atoms with van der Waals surface area (Å²) in [5.41, 5.74) is 1.35. The Morgan fingerprint density at radius 1 is 1.35 bits per heavy atom. The van der Waals surface area contributed by atoms with Crippen LogP contribution in [0.15, 0.2) is 16.7 Å². The summed E-state index contributed by atoms with van der Waals surface area (Å²) in [6, 6.07) is 2.53. The fourth-order valence-electron chi connectivity index (χ4n) is 2.22. The van der Waals surface area contributed by atoms with Crippen LogP contribution in [-0.4, -0.2) is 39.8 Å². The first-order chi connectivity index (χ1) is 9.49. The maximum atomic E-state index is 11.9. The molecule has 0 aliphatic carbocycles. The van der Waals surface area contributed by atoms with Crippen LogP contribution in [-0.2, 0) is 6.42 Å². The first-order valence-electron chi connectivity index (χ1n) is 5.95. The number of halogens is 1. The van der Waals surface area contributed by atoms with Crippen molar-refractivity contribution in [1.82, 2.24) is 10.1 Å². The van der Waals surface area contributed by atoms with E-state index in [1.807, 2.05) is 0 Å². The molecular weight excluding hydrogens is 284 g/mol. The van der Waals surface area contributed by atoms with Gasteiger partial charge in [-0.05, 0) is 12.5 Å². The summed E-state index contributed by atoms with van der Waals surface area (Å²) < 4.78 is 5.09. The molecule has 7 heteroatoms.